The molecule has 3 rings (SSSR count). The van der Waals surface area contributed by atoms with E-state index in [9.17, 15) is 19.5 Å². The number of benzene rings is 1. The van der Waals surface area contributed by atoms with Gasteiger partial charge < -0.3 is 25.2 Å². The second-order valence-electron chi connectivity index (χ2n) is 7.72. The molecule has 0 aliphatic carbocycles. The maximum Gasteiger partial charge on any atom is 0.309 e. The van der Waals surface area contributed by atoms with E-state index in [0.29, 0.717) is 17.7 Å². The number of carboxylic acid groups (broad SMARTS) is 1. The molecule has 0 bridgehead atoms. The van der Waals surface area contributed by atoms with Gasteiger partial charge >= 0.3 is 5.97 Å². The number of nitrogens with one attached hydrogen (secondary N) is 1. The summed E-state index contributed by atoms with van der Waals surface area (Å²) in [5.74, 6) is -1.78. The minimum atomic E-state index is -1.04. The first-order valence-corrected chi connectivity index (χ1v) is 9.52. The van der Waals surface area contributed by atoms with E-state index in [0.717, 1.165) is 0 Å². The van der Waals surface area contributed by atoms with Gasteiger partial charge in [0.2, 0.25) is 11.8 Å². The highest BCUT2D eigenvalue weighted by atomic mass is 16.5. The molecule has 2 saturated heterocycles. The second kappa shape index (κ2) is 8.18. The number of carboxylic acids is 1. The van der Waals surface area contributed by atoms with Crippen molar-refractivity contribution in [3.05, 3.63) is 29.8 Å². The lowest BCUT2D eigenvalue weighted by molar-refractivity contribution is -0.150. The van der Waals surface area contributed by atoms with Crippen LogP contribution in [0.3, 0.4) is 0 Å². The number of rotatable bonds is 7. The van der Waals surface area contributed by atoms with Gasteiger partial charge in [-0.25, -0.2) is 0 Å². The number of aliphatic hydroxyl groups excluding tert-OH is 1. The summed E-state index contributed by atoms with van der Waals surface area (Å²) in [5, 5.41) is 21.5. The fourth-order valence-electron chi connectivity index (χ4n) is 4.12. The Kier molecular flexibility index (Phi) is 5.88. The molecule has 152 valence electrons. The van der Waals surface area contributed by atoms with Crippen LogP contribution in [-0.2, 0) is 14.4 Å². The summed E-state index contributed by atoms with van der Waals surface area (Å²) in [6.07, 6.45) is 0.575. The third-order valence-corrected chi connectivity index (χ3v) is 5.25. The van der Waals surface area contributed by atoms with Crippen LogP contribution in [0.5, 0.6) is 5.75 Å². The van der Waals surface area contributed by atoms with E-state index >= 15 is 0 Å². The lowest BCUT2D eigenvalue weighted by Crippen LogP contribution is -2.61. The molecule has 2 aliphatic heterocycles. The van der Waals surface area contributed by atoms with E-state index in [4.69, 9.17) is 9.84 Å². The standard InChI is InChI=1S/C20H26N2O6/c1-11(2)8-15-19(25)22-16(18(24)21-15)10-14(20(26)27)17(22)12-4-3-5-13(9-12)28-7-6-23/h3-5,9,11,14-17,23H,6-8,10H2,1-2H3,(H,21,24)(H,26,27)/t14-,15-,16-,17-/m0/s1. The summed E-state index contributed by atoms with van der Waals surface area (Å²) in [6, 6.07) is 4.66. The SMILES string of the molecule is CC(C)C[C@@H]1NC(=O)[C@@H]2C[C@H](C(=O)O)[C@H](c3cccc(OCCO)c3)N2C1=O. The number of aliphatic hydroxyl groups is 1. The Morgan fingerprint density at radius 1 is 1.36 bits per heavy atom. The zero-order chi connectivity index (χ0) is 20.4. The molecule has 0 spiro atoms. The van der Waals surface area contributed by atoms with Gasteiger partial charge in [-0.05, 0) is 36.5 Å². The number of fused-ring (bicyclic) bond motifs is 1. The minimum absolute atomic E-state index is 0.0771. The predicted molar refractivity (Wildman–Crippen MR) is 99.5 cm³/mol. The van der Waals surface area contributed by atoms with Crippen molar-refractivity contribution in [2.45, 2.75) is 44.8 Å². The molecule has 2 amide bonds. The maximum absolute atomic E-state index is 13.2. The summed E-state index contributed by atoms with van der Waals surface area (Å²) in [7, 11) is 0. The Morgan fingerprint density at radius 2 is 2.11 bits per heavy atom. The van der Waals surface area contributed by atoms with Crippen LogP contribution in [-0.4, -0.2) is 58.2 Å². The van der Waals surface area contributed by atoms with E-state index in [-0.39, 0.29) is 37.4 Å². The summed E-state index contributed by atoms with van der Waals surface area (Å²) in [6.45, 7) is 3.90. The van der Waals surface area contributed by atoms with Crippen LogP contribution >= 0.6 is 0 Å². The minimum Gasteiger partial charge on any atom is -0.491 e. The van der Waals surface area contributed by atoms with Gasteiger partial charge in [-0.2, -0.15) is 0 Å². The number of nitrogens with zero attached hydrogens (tertiary/aromatic N) is 1. The van der Waals surface area contributed by atoms with Crippen LogP contribution in [0.4, 0.5) is 0 Å². The van der Waals surface area contributed by atoms with Crippen molar-refractivity contribution in [1.82, 2.24) is 10.2 Å². The van der Waals surface area contributed by atoms with Gasteiger partial charge in [-0.1, -0.05) is 26.0 Å². The number of piperazine rings is 1. The Morgan fingerprint density at radius 3 is 2.75 bits per heavy atom. The summed E-state index contributed by atoms with van der Waals surface area (Å²) >= 11 is 0. The highest BCUT2D eigenvalue weighted by Gasteiger charge is 2.54. The van der Waals surface area contributed by atoms with Crippen LogP contribution in [0.2, 0.25) is 0 Å². The maximum atomic E-state index is 13.2. The van der Waals surface area contributed by atoms with Crippen LogP contribution in [0, 0.1) is 11.8 Å². The fraction of sp³-hybridized carbons (Fsp3) is 0.550. The molecular weight excluding hydrogens is 364 g/mol. The molecule has 0 radical (unpaired) electrons. The lowest BCUT2D eigenvalue weighted by Gasteiger charge is -2.39. The molecule has 8 heteroatoms. The molecule has 3 N–H and O–H groups in total. The van der Waals surface area contributed by atoms with Gasteiger partial charge in [0.25, 0.3) is 0 Å². The van der Waals surface area contributed by atoms with Crippen molar-refractivity contribution in [2.75, 3.05) is 13.2 Å². The van der Waals surface area contributed by atoms with Crippen molar-refractivity contribution in [1.29, 1.82) is 0 Å². The molecule has 1 aromatic carbocycles. The first-order chi connectivity index (χ1) is 13.3. The molecule has 2 heterocycles. The molecule has 0 unspecified atom stereocenters. The molecule has 8 nitrogen and oxygen atoms in total. The number of amides is 2. The van der Waals surface area contributed by atoms with Crippen LogP contribution in [0.1, 0.15) is 38.3 Å². The highest BCUT2D eigenvalue weighted by molar-refractivity contribution is 5.98. The molecule has 28 heavy (non-hydrogen) atoms. The lowest BCUT2D eigenvalue weighted by atomic mass is 9.93. The average Bonchev–Trinajstić information content (AvgIpc) is 3.06. The normalized spacial score (nSPS) is 26.9. The summed E-state index contributed by atoms with van der Waals surface area (Å²) in [4.78, 5) is 39.1. The second-order valence-corrected chi connectivity index (χ2v) is 7.72. The molecule has 0 aromatic heterocycles. The van der Waals surface area contributed by atoms with Gasteiger partial charge in [0, 0.05) is 0 Å². The monoisotopic (exact) mass is 390 g/mol. The van der Waals surface area contributed by atoms with Gasteiger partial charge in [0.05, 0.1) is 18.6 Å². The molecule has 1 aromatic rings. The van der Waals surface area contributed by atoms with Crippen LogP contribution in [0.25, 0.3) is 0 Å². The Hall–Kier alpha value is -2.61. The first kappa shape index (κ1) is 20.1. The van der Waals surface area contributed by atoms with Crippen molar-refractivity contribution < 1.29 is 29.3 Å². The van der Waals surface area contributed by atoms with E-state index < -0.39 is 30.0 Å². The Balaban J connectivity index is 1.98. The smallest absolute Gasteiger partial charge is 0.309 e. The third-order valence-electron chi connectivity index (χ3n) is 5.25. The van der Waals surface area contributed by atoms with Gasteiger partial charge in [-0.3, -0.25) is 14.4 Å². The first-order valence-electron chi connectivity index (χ1n) is 9.52. The number of hydrogen-bond acceptors (Lipinski definition) is 5. The molecule has 2 aliphatic rings. The topological polar surface area (TPSA) is 116 Å². The van der Waals surface area contributed by atoms with Crippen molar-refractivity contribution in [3.63, 3.8) is 0 Å². The highest BCUT2D eigenvalue weighted by Crippen LogP contribution is 2.44. The van der Waals surface area contributed by atoms with Gasteiger partial charge in [0.1, 0.15) is 24.4 Å². The molecule has 0 saturated carbocycles. The number of hydrogen-bond donors (Lipinski definition) is 3. The van der Waals surface area contributed by atoms with Gasteiger partial charge in [0.15, 0.2) is 0 Å². The number of ether oxygens (including phenoxy) is 1. The van der Waals surface area contributed by atoms with Crippen LogP contribution in [0.15, 0.2) is 24.3 Å². The zero-order valence-corrected chi connectivity index (χ0v) is 16.0. The summed E-state index contributed by atoms with van der Waals surface area (Å²) < 4.78 is 5.43. The van der Waals surface area contributed by atoms with Crippen molar-refractivity contribution >= 4 is 17.8 Å². The van der Waals surface area contributed by atoms with E-state index in [1.807, 2.05) is 13.8 Å². The van der Waals surface area contributed by atoms with Crippen LogP contribution < -0.4 is 10.1 Å². The Labute approximate surface area is 163 Å². The number of carbonyl (C=O) groups excluding carboxylic acids is 2. The largest absolute Gasteiger partial charge is 0.491 e. The number of carbonyl (C=O) groups is 3. The van der Waals surface area contributed by atoms with E-state index in [1.54, 1.807) is 24.3 Å². The molecular formula is C20H26N2O6. The Bertz CT molecular complexity index is 765. The molecule has 2 fully saturated rings. The summed E-state index contributed by atoms with van der Waals surface area (Å²) in [5.41, 5.74) is 0.608. The number of aliphatic carboxylic acids is 1. The zero-order valence-electron chi connectivity index (χ0n) is 16.0. The average molecular weight is 390 g/mol. The van der Waals surface area contributed by atoms with E-state index in [1.165, 1.54) is 4.90 Å². The fourth-order valence-corrected chi connectivity index (χ4v) is 4.12. The molecule has 4 atom stereocenters. The van der Waals surface area contributed by atoms with Crippen molar-refractivity contribution in [2.24, 2.45) is 11.8 Å². The van der Waals surface area contributed by atoms with Gasteiger partial charge in [-0.15, -0.1) is 0 Å². The quantitative estimate of drug-likeness (QED) is 0.638. The third kappa shape index (κ3) is 3.82. The predicted octanol–water partition coefficient (Wildman–Crippen LogP) is 0.945. The van der Waals surface area contributed by atoms with Crippen molar-refractivity contribution in [3.8, 4) is 5.75 Å². The van der Waals surface area contributed by atoms with E-state index in [2.05, 4.69) is 5.32 Å².